The van der Waals surface area contributed by atoms with Crippen LogP contribution >= 0.6 is 0 Å². The van der Waals surface area contributed by atoms with Crippen LogP contribution in [0.15, 0.2) is 0 Å². The number of rotatable bonds is 4. The molecule has 0 bridgehead atoms. The van der Waals surface area contributed by atoms with Gasteiger partial charge in [-0.05, 0) is 19.3 Å². The van der Waals surface area contributed by atoms with Crippen molar-refractivity contribution in [3.05, 3.63) is 0 Å². The lowest BCUT2D eigenvalue weighted by molar-refractivity contribution is -0.510. The minimum absolute atomic E-state index is 0.261. The molecule has 3 atom stereocenters. The van der Waals surface area contributed by atoms with Crippen LogP contribution in [0.25, 0.3) is 0 Å². The van der Waals surface area contributed by atoms with E-state index in [9.17, 15) is 4.79 Å². The Labute approximate surface area is 93.4 Å². The van der Waals surface area contributed by atoms with Gasteiger partial charge in [-0.2, -0.15) is 0 Å². The highest BCUT2D eigenvalue weighted by molar-refractivity contribution is 5.72. The fraction of sp³-hybridized carbons (Fsp3) is 0.889. The van der Waals surface area contributed by atoms with Gasteiger partial charge in [0.25, 0.3) is 0 Å². The van der Waals surface area contributed by atoms with E-state index in [0.717, 1.165) is 0 Å². The first-order chi connectivity index (χ1) is 7.58. The van der Waals surface area contributed by atoms with E-state index in [1.165, 1.54) is 14.2 Å². The third-order valence-electron chi connectivity index (χ3n) is 2.80. The third kappa shape index (κ3) is 3.39. The molecule has 2 N–H and O–H groups in total. The van der Waals surface area contributed by atoms with E-state index in [4.69, 9.17) is 20.0 Å². The average Bonchev–Trinajstić information content (AvgIpc) is 2.27. The summed E-state index contributed by atoms with van der Waals surface area (Å²) in [5.41, 5.74) is 0. The van der Waals surface area contributed by atoms with Gasteiger partial charge in [-0.3, -0.25) is 15.2 Å². The molecule has 1 saturated carbocycles. The highest BCUT2D eigenvalue weighted by atomic mass is 17.1. The first-order valence-corrected chi connectivity index (χ1v) is 5.03. The van der Waals surface area contributed by atoms with Gasteiger partial charge in [0.05, 0.1) is 24.5 Å². The highest BCUT2D eigenvalue weighted by Crippen LogP contribution is 2.29. The second-order valence-corrected chi connectivity index (χ2v) is 3.70. The van der Waals surface area contributed by atoms with Gasteiger partial charge in [0, 0.05) is 7.11 Å². The molecule has 7 nitrogen and oxygen atoms in total. The predicted molar refractivity (Wildman–Crippen MR) is 50.4 cm³/mol. The van der Waals surface area contributed by atoms with E-state index in [0.29, 0.717) is 19.3 Å². The molecule has 0 aromatic carbocycles. The highest BCUT2D eigenvalue weighted by Gasteiger charge is 2.36. The zero-order valence-electron chi connectivity index (χ0n) is 9.33. The van der Waals surface area contributed by atoms with Gasteiger partial charge in [0.1, 0.15) is 6.10 Å². The smallest absolute Gasteiger partial charge is 0.308 e. The maximum atomic E-state index is 11.3. The molecule has 1 aliphatic rings. The number of ether oxygens (including phenoxy) is 2. The van der Waals surface area contributed by atoms with Gasteiger partial charge in [0.2, 0.25) is 0 Å². The number of hydrogen-bond acceptors (Lipinski definition) is 7. The zero-order chi connectivity index (χ0) is 12.1. The molecule has 0 aromatic rings. The van der Waals surface area contributed by atoms with Crippen LogP contribution in [-0.2, 0) is 19.1 Å². The molecule has 1 fully saturated rings. The normalized spacial score (nSPS) is 30.4. The number of hydrogen-bond donors (Lipinski definition) is 2. The Hall–Kier alpha value is -0.730. The summed E-state index contributed by atoms with van der Waals surface area (Å²) in [4.78, 5) is 16.1. The number of esters is 1. The van der Waals surface area contributed by atoms with Gasteiger partial charge in [-0.25, -0.2) is 4.84 Å². The van der Waals surface area contributed by atoms with Crippen molar-refractivity contribution in [1.29, 1.82) is 0 Å². The van der Waals surface area contributed by atoms with Gasteiger partial charge in [-0.15, -0.1) is 0 Å². The zero-order valence-corrected chi connectivity index (χ0v) is 9.33. The first kappa shape index (κ1) is 13.3. The fourth-order valence-corrected chi connectivity index (χ4v) is 1.98. The second-order valence-electron chi connectivity index (χ2n) is 3.70. The van der Waals surface area contributed by atoms with Crippen molar-refractivity contribution < 1.29 is 29.5 Å². The number of methoxy groups -OCH3 is 2. The predicted octanol–water partition coefficient (Wildman–Crippen LogP) is 0.355. The lowest BCUT2D eigenvalue weighted by Gasteiger charge is -2.33. The minimum atomic E-state index is -0.571. The van der Waals surface area contributed by atoms with Crippen LogP contribution in [0.2, 0.25) is 0 Å². The number of nitrogens with zero attached hydrogens (tertiary/aromatic N) is 1. The average molecular weight is 235 g/mol. The first-order valence-electron chi connectivity index (χ1n) is 5.03. The van der Waals surface area contributed by atoms with Crippen LogP contribution < -0.4 is 0 Å². The maximum Gasteiger partial charge on any atom is 0.308 e. The summed E-state index contributed by atoms with van der Waals surface area (Å²) in [6, 6.07) is 0. The number of carbonyl (C=O) groups is 1. The van der Waals surface area contributed by atoms with Crippen LogP contribution in [0.4, 0.5) is 0 Å². The van der Waals surface area contributed by atoms with Crippen molar-refractivity contribution in [2.75, 3.05) is 14.2 Å². The van der Waals surface area contributed by atoms with Gasteiger partial charge in [-0.1, -0.05) is 0 Å². The number of carbonyl (C=O) groups excluding carboxylic acids is 1. The molecule has 7 heteroatoms. The van der Waals surface area contributed by atoms with E-state index in [2.05, 4.69) is 4.74 Å². The molecule has 0 amide bonds. The Morgan fingerprint density at radius 3 is 2.44 bits per heavy atom. The fourth-order valence-electron chi connectivity index (χ4n) is 1.98. The Kier molecular flexibility index (Phi) is 5.10. The van der Waals surface area contributed by atoms with Crippen molar-refractivity contribution in [3.63, 3.8) is 0 Å². The Morgan fingerprint density at radius 1 is 1.25 bits per heavy atom. The summed E-state index contributed by atoms with van der Waals surface area (Å²) in [6.07, 6.45) is 0.750. The van der Waals surface area contributed by atoms with E-state index in [1.807, 2.05) is 0 Å². The molecule has 0 aliphatic heterocycles. The summed E-state index contributed by atoms with van der Waals surface area (Å²) in [7, 11) is 2.84. The molecular weight excluding hydrogens is 218 g/mol. The maximum absolute atomic E-state index is 11.3. The lowest BCUT2D eigenvalue weighted by atomic mass is 9.85. The van der Waals surface area contributed by atoms with Crippen molar-refractivity contribution in [2.24, 2.45) is 5.92 Å². The molecule has 94 valence electrons. The Bertz CT molecular complexity index is 234. The summed E-state index contributed by atoms with van der Waals surface area (Å²) in [5, 5.41) is 16.8. The van der Waals surface area contributed by atoms with Gasteiger partial charge in [0.15, 0.2) is 0 Å². The van der Waals surface area contributed by atoms with E-state index < -0.39 is 6.10 Å². The minimum Gasteiger partial charge on any atom is -0.469 e. The van der Waals surface area contributed by atoms with E-state index >= 15 is 0 Å². The van der Waals surface area contributed by atoms with Crippen LogP contribution in [0.1, 0.15) is 19.3 Å². The summed E-state index contributed by atoms with van der Waals surface area (Å²) in [6.45, 7) is 0. The molecule has 16 heavy (non-hydrogen) atoms. The van der Waals surface area contributed by atoms with Crippen molar-refractivity contribution in [1.82, 2.24) is 5.39 Å². The molecule has 0 unspecified atom stereocenters. The van der Waals surface area contributed by atoms with Crippen LogP contribution in [0.5, 0.6) is 0 Å². The van der Waals surface area contributed by atoms with Crippen LogP contribution in [-0.4, -0.2) is 48.2 Å². The quantitative estimate of drug-likeness (QED) is 0.537. The Balaban J connectivity index is 2.57. The molecule has 0 aromatic heterocycles. The second kappa shape index (κ2) is 6.12. The summed E-state index contributed by atoms with van der Waals surface area (Å²) in [5.74, 6) is -0.605. The lowest BCUT2D eigenvalue weighted by Crippen LogP contribution is -2.42. The third-order valence-corrected chi connectivity index (χ3v) is 2.80. The van der Waals surface area contributed by atoms with Gasteiger partial charge >= 0.3 is 5.97 Å². The van der Waals surface area contributed by atoms with E-state index in [-0.39, 0.29) is 23.4 Å². The molecule has 0 radical (unpaired) electrons. The monoisotopic (exact) mass is 235 g/mol. The molecule has 1 aliphatic carbocycles. The largest absolute Gasteiger partial charge is 0.469 e. The van der Waals surface area contributed by atoms with Crippen LogP contribution in [0, 0.1) is 5.92 Å². The molecular formula is C9H17NO6. The van der Waals surface area contributed by atoms with Crippen molar-refractivity contribution in [2.45, 2.75) is 31.5 Å². The molecule has 1 rings (SSSR count). The molecule has 0 spiro atoms. The van der Waals surface area contributed by atoms with Gasteiger partial charge < -0.3 is 9.47 Å². The SMILES string of the molecule is COC(=O)[C@H]1CC[C@H](OC)[C@@H](ON(O)O)C1. The summed E-state index contributed by atoms with van der Waals surface area (Å²) >= 11 is 0. The standard InChI is InChI=1S/C9H17NO6/c1-14-7-4-3-6(9(11)15-2)5-8(7)16-10(12)13/h6-8,12-13H,3-5H2,1-2H3/t6-,7-,8-/m0/s1. The molecule has 0 saturated heterocycles. The van der Waals surface area contributed by atoms with Crippen LogP contribution in [0.3, 0.4) is 0 Å². The Morgan fingerprint density at radius 2 is 1.94 bits per heavy atom. The van der Waals surface area contributed by atoms with Crippen molar-refractivity contribution in [3.8, 4) is 0 Å². The topological polar surface area (TPSA) is 88.5 Å². The van der Waals surface area contributed by atoms with E-state index in [1.54, 1.807) is 0 Å². The summed E-state index contributed by atoms with van der Waals surface area (Å²) < 4.78 is 9.78. The van der Waals surface area contributed by atoms with Crippen molar-refractivity contribution >= 4 is 5.97 Å². The molecule has 0 heterocycles.